The Balaban J connectivity index is 0. The van der Waals surface area contributed by atoms with Gasteiger partial charge in [0.25, 0.3) is 0 Å². The lowest BCUT2D eigenvalue weighted by Gasteiger charge is -2.12. The summed E-state index contributed by atoms with van der Waals surface area (Å²) in [5.74, 6) is 0.796. The topological polar surface area (TPSA) is 9.23 Å². The van der Waals surface area contributed by atoms with Gasteiger partial charge in [-0.3, -0.25) is 0 Å². The molecule has 1 heteroatoms. The van der Waals surface area contributed by atoms with Crippen molar-refractivity contribution < 1.29 is 4.74 Å². The van der Waals surface area contributed by atoms with Crippen molar-refractivity contribution >= 4 is 0 Å². The molecule has 0 unspecified atom stereocenters. The second-order valence-corrected chi connectivity index (χ2v) is 5.35. The molecule has 1 atom stereocenters. The fourth-order valence-electron chi connectivity index (χ4n) is 2.38. The molecule has 0 amide bonds. The average Bonchev–Trinajstić information content (AvgIpc) is 2.46. The molecule has 1 nitrogen and oxygen atoms in total. The molecule has 0 saturated carbocycles. The number of rotatable bonds is 13. The maximum atomic E-state index is 5.23. The van der Waals surface area contributed by atoms with Crippen molar-refractivity contribution in [3.05, 3.63) is 0 Å². The van der Waals surface area contributed by atoms with Gasteiger partial charge in [-0.25, -0.2) is 0 Å². The van der Waals surface area contributed by atoms with Crippen LogP contribution in [-0.2, 0) is 4.74 Å². The van der Waals surface area contributed by atoms with E-state index < -0.39 is 0 Å². The highest BCUT2D eigenvalue weighted by molar-refractivity contribution is 4.56. The third-order valence-corrected chi connectivity index (χ3v) is 3.70. The zero-order valence-corrected chi connectivity index (χ0v) is 14.5. The van der Waals surface area contributed by atoms with Gasteiger partial charge >= 0.3 is 0 Å². The van der Waals surface area contributed by atoms with Gasteiger partial charge in [0.15, 0.2) is 0 Å². The van der Waals surface area contributed by atoms with Crippen molar-refractivity contribution in [1.29, 1.82) is 0 Å². The number of methoxy groups -OCH3 is 1. The Labute approximate surface area is 123 Å². The third-order valence-electron chi connectivity index (χ3n) is 3.70. The number of hydrogen-bond acceptors (Lipinski definition) is 1. The molecule has 0 fully saturated rings. The van der Waals surface area contributed by atoms with Crippen LogP contribution in [0.1, 0.15) is 98.3 Å². The summed E-state index contributed by atoms with van der Waals surface area (Å²) in [7, 11) is 1.82. The SMILES string of the molecule is CC.CCCCCCCCCCC[C@H](CC)COC. The average molecular weight is 273 g/mol. The molecule has 0 spiro atoms. The first-order chi connectivity index (χ1) is 9.35. The standard InChI is InChI=1S/C16H34O.C2H6/c1-4-6-7-8-9-10-11-12-13-14-16(5-2)15-17-3;1-2/h16H,4-15H2,1-3H3;1-2H3/t16-;/m0./s1. The monoisotopic (exact) mass is 272 g/mol. The minimum atomic E-state index is 0.796. The van der Waals surface area contributed by atoms with Gasteiger partial charge in [0, 0.05) is 13.7 Å². The zero-order valence-electron chi connectivity index (χ0n) is 14.5. The lowest BCUT2D eigenvalue weighted by Crippen LogP contribution is -2.06. The maximum absolute atomic E-state index is 5.23. The van der Waals surface area contributed by atoms with Crippen molar-refractivity contribution in [3.63, 3.8) is 0 Å². The largest absolute Gasteiger partial charge is 0.384 e. The van der Waals surface area contributed by atoms with Crippen LogP contribution in [0, 0.1) is 5.92 Å². The van der Waals surface area contributed by atoms with E-state index in [1.54, 1.807) is 0 Å². The van der Waals surface area contributed by atoms with Crippen molar-refractivity contribution in [2.24, 2.45) is 5.92 Å². The first-order valence-electron chi connectivity index (χ1n) is 8.84. The summed E-state index contributed by atoms with van der Waals surface area (Å²) in [6, 6.07) is 0. The summed E-state index contributed by atoms with van der Waals surface area (Å²) in [5.41, 5.74) is 0. The van der Waals surface area contributed by atoms with E-state index >= 15 is 0 Å². The van der Waals surface area contributed by atoms with Gasteiger partial charge in [-0.05, 0) is 12.3 Å². The lowest BCUT2D eigenvalue weighted by atomic mass is 9.98. The molecular weight excluding hydrogens is 232 g/mol. The van der Waals surface area contributed by atoms with E-state index in [-0.39, 0.29) is 0 Å². The summed E-state index contributed by atoms with van der Waals surface area (Å²) in [5, 5.41) is 0. The summed E-state index contributed by atoms with van der Waals surface area (Å²) < 4.78 is 5.23. The second kappa shape index (κ2) is 20.3. The Morgan fingerprint density at radius 3 is 1.63 bits per heavy atom. The van der Waals surface area contributed by atoms with Gasteiger partial charge in [-0.15, -0.1) is 0 Å². The molecule has 0 aromatic heterocycles. The van der Waals surface area contributed by atoms with Crippen LogP contribution in [0.5, 0.6) is 0 Å². The zero-order chi connectivity index (χ0) is 14.8. The molecule has 0 radical (unpaired) electrons. The normalized spacial score (nSPS) is 11.8. The molecule has 0 heterocycles. The van der Waals surface area contributed by atoms with Crippen molar-refractivity contribution in [1.82, 2.24) is 0 Å². The highest BCUT2D eigenvalue weighted by Gasteiger charge is 2.04. The Morgan fingerprint density at radius 1 is 0.737 bits per heavy atom. The maximum Gasteiger partial charge on any atom is 0.0490 e. The molecular formula is C18H40O. The van der Waals surface area contributed by atoms with Crippen LogP contribution in [0.3, 0.4) is 0 Å². The number of unbranched alkanes of at least 4 members (excludes halogenated alkanes) is 8. The molecule has 19 heavy (non-hydrogen) atoms. The molecule has 0 N–H and O–H groups in total. The van der Waals surface area contributed by atoms with Gasteiger partial charge in [0.2, 0.25) is 0 Å². The van der Waals surface area contributed by atoms with Crippen LogP contribution in [-0.4, -0.2) is 13.7 Å². The van der Waals surface area contributed by atoms with Crippen LogP contribution >= 0.6 is 0 Å². The molecule has 0 aliphatic heterocycles. The van der Waals surface area contributed by atoms with Gasteiger partial charge in [-0.2, -0.15) is 0 Å². The van der Waals surface area contributed by atoms with Crippen LogP contribution in [0.15, 0.2) is 0 Å². The fraction of sp³-hybridized carbons (Fsp3) is 1.00. The highest BCUT2D eigenvalue weighted by Crippen LogP contribution is 2.15. The Kier molecular flexibility index (Phi) is 22.7. The first-order valence-corrected chi connectivity index (χ1v) is 8.84. The van der Waals surface area contributed by atoms with E-state index in [4.69, 9.17) is 4.74 Å². The van der Waals surface area contributed by atoms with E-state index in [0.29, 0.717) is 0 Å². The van der Waals surface area contributed by atoms with Crippen molar-refractivity contribution in [3.8, 4) is 0 Å². The summed E-state index contributed by atoms with van der Waals surface area (Å²) in [4.78, 5) is 0. The van der Waals surface area contributed by atoms with Crippen molar-refractivity contribution in [2.45, 2.75) is 98.3 Å². The molecule has 0 aromatic rings. The van der Waals surface area contributed by atoms with Crippen LogP contribution in [0.4, 0.5) is 0 Å². The van der Waals surface area contributed by atoms with Crippen LogP contribution < -0.4 is 0 Å². The third kappa shape index (κ3) is 18.0. The van der Waals surface area contributed by atoms with Gasteiger partial charge in [0.1, 0.15) is 0 Å². The minimum Gasteiger partial charge on any atom is -0.384 e. The summed E-state index contributed by atoms with van der Waals surface area (Å²) >= 11 is 0. The Hall–Kier alpha value is -0.0400. The summed E-state index contributed by atoms with van der Waals surface area (Å²) in [6.45, 7) is 9.51. The van der Waals surface area contributed by atoms with E-state index in [9.17, 15) is 0 Å². The minimum absolute atomic E-state index is 0.796. The van der Waals surface area contributed by atoms with Gasteiger partial charge < -0.3 is 4.74 Å². The number of hydrogen-bond donors (Lipinski definition) is 0. The van der Waals surface area contributed by atoms with E-state index in [0.717, 1.165) is 12.5 Å². The summed E-state index contributed by atoms with van der Waals surface area (Å²) in [6.07, 6.45) is 15.5. The molecule has 0 aromatic carbocycles. The molecule has 118 valence electrons. The fourth-order valence-corrected chi connectivity index (χ4v) is 2.38. The lowest BCUT2D eigenvalue weighted by molar-refractivity contribution is 0.144. The molecule has 0 rings (SSSR count). The Bertz CT molecular complexity index is 134. The van der Waals surface area contributed by atoms with Gasteiger partial charge in [0.05, 0.1) is 0 Å². The quantitative estimate of drug-likeness (QED) is 0.343. The molecule has 0 saturated heterocycles. The predicted octanol–water partition coefficient (Wildman–Crippen LogP) is 6.61. The Morgan fingerprint density at radius 2 is 1.21 bits per heavy atom. The molecule has 0 bridgehead atoms. The van der Waals surface area contributed by atoms with Crippen LogP contribution in [0.2, 0.25) is 0 Å². The molecule has 0 aliphatic carbocycles. The van der Waals surface area contributed by atoms with E-state index in [2.05, 4.69) is 13.8 Å². The number of ether oxygens (including phenoxy) is 1. The van der Waals surface area contributed by atoms with E-state index in [1.165, 1.54) is 70.6 Å². The van der Waals surface area contributed by atoms with E-state index in [1.807, 2.05) is 21.0 Å². The molecule has 0 aliphatic rings. The first kappa shape index (κ1) is 21.3. The predicted molar refractivity (Wildman–Crippen MR) is 88.8 cm³/mol. The second-order valence-electron chi connectivity index (χ2n) is 5.35. The van der Waals surface area contributed by atoms with Crippen molar-refractivity contribution in [2.75, 3.05) is 13.7 Å². The smallest absolute Gasteiger partial charge is 0.0490 e. The highest BCUT2D eigenvalue weighted by atomic mass is 16.5. The van der Waals surface area contributed by atoms with Gasteiger partial charge in [-0.1, -0.05) is 91.9 Å². The van der Waals surface area contributed by atoms with Crippen LogP contribution in [0.25, 0.3) is 0 Å².